The lowest BCUT2D eigenvalue weighted by Gasteiger charge is -2.02. The summed E-state index contributed by atoms with van der Waals surface area (Å²) >= 11 is 7.83. The van der Waals surface area contributed by atoms with Gasteiger partial charge in [0.05, 0.1) is 25.9 Å². The molecule has 0 amide bonds. The molecule has 4 heteroatoms. The van der Waals surface area contributed by atoms with Gasteiger partial charge in [-0.2, -0.15) is 0 Å². The summed E-state index contributed by atoms with van der Waals surface area (Å²) in [7, 11) is 0. The molecule has 0 spiro atoms. The van der Waals surface area contributed by atoms with Crippen molar-refractivity contribution >= 4 is 33.2 Å². The van der Waals surface area contributed by atoms with Crippen molar-refractivity contribution in [1.82, 2.24) is 9.97 Å². The largest absolute Gasteiger partial charge is 0.255 e. The fourth-order valence-corrected chi connectivity index (χ4v) is 2.83. The molecule has 2 heterocycles. The van der Waals surface area contributed by atoms with Gasteiger partial charge in [0.1, 0.15) is 0 Å². The Morgan fingerprint density at radius 1 is 1.24 bits per heavy atom. The zero-order valence-electron chi connectivity index (χ0n) is 9.14. The third-order valence-corrected chi connectivity index (χ3v) is 3.78. The maximum Gasteiger partial charge on any atom is 0.0907 e. The van der Waals surface area contributed by atoms with E-state index in [0.717, 1.165) is 21.8 Å². The first-order chi connectivity index (χ1) is 8.24. The molecule has 0 unspecified atom stereocenters. The average Bonchev–Trinajstić information content (AvgIpc) is 2.68. The summed E-state index contributed by atoms with van der Waals surface area (Å²) in [6.07, 6.45) is 1.75. The Morgan fingerprint density at radius 2 is 2.12 bits per heavy atom. The highest BCUT2D eigenvalue weighted by Crippen LogP contribution is 2.29. The van der Waals surface area contributed by atoms with E-state index in [1.807, 2.05) is 31.2 Å². The maximum atomic E-state index is 6.13. The van der Waals surface area contributed by atoms with Crippen molar-refractivity contribution in [2.45, 2.75) is 6.92 Å². The Morgan fingerprint density at radius 3 is 2.94 bits per heavy atom. The number of halogens is 1. The van der Waals surface area contributed by atoms with E-state index in [9.17, 15) is 0 Å². The highest BCUT2D eigenvalue weighted by atomic mass is 35.5. The minimum absolute atomic E-state index is 0.666. The number of aryl methyl sites for hydroxylation is 1. The number of thiazole rings is 1. The van der Waals surface area contributed by atoms with Crippen LogP contribution in [0.5, 0.6) is 0 Å². The van der Waals surface area contributed by atoms with Gasteiger partial charge in [-0.15, -0.1) is 11.3 Å². The zero-order chi connectivity index (χ0) is 11.8. The van der Waals surface area contributed by atoms with E-state index in [1.54, 1.807) is 17.5 Å². The molecule has 0 saturated heterocycles. The minimum atomic E-state index is 0.666. The van der Waals surface area contributed by atoms with Crippen LogP contribution in [0, 0.1) is 6.92 Å². The van der Waals surface area contributed by atoms with Gasteiger partial charge in [-0.25, -0.2) is 4.98 Å². The third kappa shape index (κ3) is 1.92. The lowest BCUT2D eigenvalue weighted by Crippen LogP contribution is -1.83. The van der Waals surface area contributed by atoms with Gasteiger partial charge in [-0.3, -0.25) is 4.98 Å². The summed E-state index contributed by atoms with van der Waals surface area (Å²) < 4.78 is 1.19. The molecule has 0 radical (unpaired) electrons. The Balaban J connectivity index is 2.21. The fourth-order valence-electron chi connectivity index (χ4n) is 1.79. The molecule has 1 aromatic carbocycles. The predicted octanol–water partition coefficient (Wildman–Crippen LogP) is 4.32. The Kier molecular flexibility index (Phi) is 2.57. The molecule has 2 aromatic heterocycles. The second-order valence-electron chi connectivity index (χ2n) is 3.75. The molecule has 0 bridgehead atoms. The van der Waals surface area contributed by atoms with E-state index < -0.39 is 0 Å². The van der Waals surface area contributed by atoms with Crippen molar-refractivity contribution in [3.8, 4) is 11.3 Å². The van der Waals surface area contributed by atoms with Crippen molar-refractivity contribution in [3.63, 3.8) is 0 Å². The van der Waals surface area contributed by atoms with Crippen LogP contribution in [0.2, 0.25) is 5.02 Å². The van der Waals surface area contributed by atoms with E-state index in [4.69, 9.17) is 11.6 Å². The molecular formula is C13H9ClN2S. The number of pyridine rings is 1. The average molecular weight is 261 g/mol. The van der Waals surface area contributed by atoms with Crippen molar-refractivity contribution in [2.75, 3.05) is 0 Å². The van der Waals surface area contributed by atoms with Gasteiger partial charge in [0.15, 0.2) is 0 Å². The topological polar surface area (TPSA) is 25.8 Å². The predicted molar refractivity (Wildman–Crippen MR) is 72.6 cm³/mol. The third-order valence-electron chi connectivity index (χ3n) is 2.53. The second kappa shape index (κ2) is 4.09. The number of aromatic nitrogens is 2. The second-order valence-corrected chi connectivity index (χ2v) is 5.39. The van der Waals surface area contributed by atoms with E-state index in [0.29, 0.717) is 5.02 Å². The number of rotatable bonds is 1. The number of fused-ring (bicyclic) bond motifs is 1. The standard InChI is InChI=1S/C13H9ClN2S/c1-8-16-11-7-9(4-5-12(11)17-8)13-10(14)3-2-6-15-13/h2-7H,1H3. The summed E-state index contributed by atoms with van der Waals surface area (Å²) in [5.74, 6) is 0. The lowest BCUT2D eigenvalue weighted by atomic mass is 10.1. The van der Waals surface area contributed by atoms with Crippen LogP contribution < -0.4 is 0 Å². The van der Waals surface area contributed by atoms with Gasteiger partial charge in [0.25, 0.3) is 0 Å². The van der Waals surface area contributed by atoms with Crippen LogP contribution in [0.15, 0.2) is 36.5 Å². The van der Waals surface area contributed by atoms with Gasteiger partial charge < -0.3 is 0 Å². The highest BCUT2D eigenvalue weighted by molar-refractivity contribution is 7.18. The number of hydrogen-bond acceptors (Lipinski definition) is 3. The Hall–Kier alpha value is -1.45. The Bertz CT molecular complexity index is 691. The smallest absolute Gasteiger partial charge is 0.0907 e. The Labute approximate surface area is 108 Å². The first-order valence-electron chi connectivity index (χ1n) is 5.22. The molecule has 0 atom stereocenters. The molecular weight excluding hydrogens is 252 g/mol. The molecule has 0 saturated carbocycles. The lowest BCUT2D eigenvalue weighted by molar-refractivity contribution is 1.32. The number of nitrogens with zero attached hydrogens (tertiary/aromatic N) is 2. The van der Waals surface area contributed by atoms with Gasteiger partial charge in [-0.05, 0) is 31.2 Å². The van der Waals surface area contributed by atoms with Crippen molar-refractivity contribution in [2.24, 2.45) is 0 Å². The zero-order valence-corrected chi connectivity index (χ0v) is 10.7. The van der Waals surface area contributed by atoms with Crippen molar-refractivity contribution < 1.29 is 0 Å². The molecule has 0 fully saturated rings. The summed E-state index contributed by atoms with van der Waals surface area (Å²) in [5.41, 5.74) is 2.82. The van der Waals surface area contributed by atoms with Gasteiger partial charge in [-0.1, -0.05) is 17.7 Å². The molecule has 3 rings (SSSR count). The molecule has 0 aliphatic rings. The van der Waals surface area contributed by atoms with Crippen LogP contribution in [0.25, 0.3) is 21.5 Å². The molecule has 0 aliphatic carbocycles. The van der Waals surface area contributed by atoms with Crippen LogP contribution in [0.3, 0.4) is 0 Å². The van der Waals surface area contributed by atoms with Crippen LogP contribution in [-0.4, -0.2) is 9.97 Å². The molecule has 2 nitrogen and oxygen atoms in total. The number of hydrogen-bond donors (Lipinski definition) is 0. The molecule has 0 aliphatic heterocycles. The normalized spacial score (nSPS) is 10.9. The molecule has 84 valence electrons. The van der Waals surface area contributed by atoms with E-state index in [2.05, 4.69) is 16.0 Å². The van der Waals surface area contributed by atoms with Crippen LogP contribution in [0.4, 0.5) is 0 Å². The monoisotopic (exact) mass is 260 g/mol. The molecule has 17 heavy (non-hydrogen) atoms. The summed E-state index contributed by atoms with van der Waals surface area (Å²) in [5, 5.41) is 1.74. The molecule has 0 N–H and O–H groups in total. The van der Waals surface area contributed by atoms with Gasteiger partial charge >= 0.3 is 0 Å². The van der Waals surface area contributed by atoms with Crippen LogP contribution >= 0.6 is 22.9 Å². The van der Waals surface area contributed by atoms with E-state index in [1.165, 1.54) is 4.70 Å². The van der Waals surface area contributed by atoms with Crippen LogP contribution in [-0.2, 0) is 0 Å². The maximum absolute atomic E-state index is 6.13. The summed E-state index contributed by atoms with van der Waals surface area (Å²) in [6.45, 7) is 2.01. The van der Waals surface area contributed by atoms with E-state index in [-0.39, 0.29) is 0 Å². The first-order valence-corrected chi connectivity index (χ1v) is 6.41. The van der Waals surface area contributed by atoms with Crippen molar-refractivity contribution in [3.05, 3.63) is 46.6 Å². The molecule has 3 aromatic rings. The number of benzene rings is 1. The van der Waals surface area contributed by atoms with Crippen molar-refractivity contribution in [1.29, 1.82) is 0 Å². The first kappa shape index (κ1) is 10.7. The quantitative estimate of drug-likeness (QED) is 0.651. The van der Waals surface area contributed by atoms with E-state index >= 15 is 0 Å². The highest BCUT2D eigenvalue weighted by Gasteiger charge is 2.07. The SMILES string of the molecule is Cc1nc2cc(-c3ncccc3Cl)ccc2s1. The van der Waals surface area contributed by atoms with Gasteiger partial charge in [0.2, 0.25) is 0 Å². The fraction of sp³-hybridized carbons (Fsp3) is 0.0769. The van der Waals surface area contributed by atoms with Gasteiger partial charge in [0, 0.05) is 11.8 Å². The minimum Gasteiger partial charge on any atom is -0.255 e. The summed E-state index contributed by atoms with van der Waals surface area (Å²) in [6, 6.07) is 9.82. The summed E-state index contributed by atoms with van der Waals surface area (Å²) in [4.78, 5) is 8.78. The van der Waals surface area contributed by atoms with Crippen LogP contribution in [0.1, 0.15) is 5.01 Å².